The van der Waals surface area contributed by atoms with Gasteiger partial charge in [0.1, 0.15) is 17.6 Å². The maximum absolute atomic E-state index is 10.4. The van der Waals surface area contributed by atoms with E-state index in [1.165, 1.54) is 0 Å². The highest BCUT2D eigenvalue weighted by Gasteiger charge is 2.10. The molecular formula is C17H20O3. The molecule has 1 N–H and O–H groups in total. The maximum Gasteiger partial charge on any atom is 0.119 e. The SMILES string of the molecule is CCOc1ccc(C(O)c2ccc(OCC)cc2)cc1. The zero-order valence-corrected chi connectivity index (χ0v) is 11.9. The van der Waals surface area contributed by atoms with Crippen LogP contribution in [0.4, 0.5) is 0 Å². The van der Waals surface area contributed by atoms with E-state index in [-0.39, 0.29) is 0 Å². The normalized spacial score (nSPS) is 10.6. The van der Waals surface area contributed by atoms with Crippen LogP contribution in [0.25, 0.3) is 0 Å². The minimum Gasteiger partial charge on any atom is -0.494 e. The van der Waals surface area contributed by atoms with Crippen molar-refractivity contribution < 1.29 is 14.6 Å². The Kier molecular flexibility index (Phi) is 5.02. The fourth-order valence-corrected chi connectivity index (χ4v) is 2.02. The van der Waals surface area contributed by atoms with Gasteiger partial charge in [-0.15, -0.1) is 0 Å². The lowest BCUT2D eigenvalue weighted by Gasteiger charge is -2.13. The van der Waals surface area contributed by atoms with Gasteiger partial charge in [-0.25, -0.2) is 0 Å². The molecule has 0 bridgehead atoms. The van der Waals surface area contributed by atoms with Crippen molar-refractivity contribution in [2.24, 2.45) is 0 Å². The molecule has 0 saturated carbocycles. The van der Waals surface area contributed by atoms with E-state index in [2.05, 4.69) is 0 Å². The predicted molar refractivity (Wildman–Crippen MR) is 79.3 cm³/mol. The molecule has 0 amide bonds. The summed E-state index contributed by atoms with van der Waals surface area (Å²) in [5.74, 6) is 1.63. The van der Waals surface area contributed by atoms with E-state index in [1.54, 1.807) is 0 Å². The Morgan fingerprint density at radius 3 is 1.40 bits per heavy atom. The Bertz CT molecular complexity index is 467. The molecule has 0 heterocycles. The minimum atomic E-state index is -0.638. The molecule has 106 valence electrons. The van der Waals surface area contributed by atoms with E-state index in [0.717, 1.165) is 22.6 Å². The van der Waals surface area contributed by atoms with Crippen molar-refractivity contribution in [1.82, 2.24) is 0 Å². The van der Waals surface area contributed by atoms with Crippen LogP contribution in [0.3, 0.4) is 0 Å². The van der Waals surface area contributed by atoms with Gasteiger partial charge < -0.3 is 14.6 Å². The molecule has 0 atom stereocenters. The third-order valence-electron chi connectivity index (χ3n) is 3.01. The summed E-state index contributed by atoms with van der Waals surface area (Å²) < 4.78 is 10.8. The highest BCUT2D eigenvalue weighted by Crippen LogP contribution is 2.25. The molecule has 0 spiro atoms. The van der Waals surface area contributed by atoms with Gasteiger partial charge in [0, 0.05) is 0 Å². The van der Waals surface area contributed by atoms with Crippen molar-refractivity contribution in [3.05, 3.63) is 59.7 Å². The third-order valence-corrected chi connectivity index (χ3v) is 3.01. The lowest BCUT2D eigenvalue weighted by molar-refractivity contribution is 0.220. The maximum atomic E-state index is 10.4. The molecule has 3 heteroatoms. The Morgan fingerprint density at radius 2 is 1.10 bits per heavy atom. The Balaban J connectivity index is 2.11. The molecule has 20 heavy (non-hydrogen) atoms. The average molecular weight is 272 g/mol. The van der Waals surface area contributed by atoms with Crippen LogP contribution in [-0.2, 0) is 0 Å². The van der Waals surface area contributed by atoms with Crippen molar-refractivity contribution in [2.75, 3.05) is 13.2 Å². The highest BCUT2D eigenvalue weighted by atomic mass is 16.5. The summed E-state index contributed by atoms with van der Waals surface area (Å²) in [5, 5.41) is 10.4. The Hall–Kier alpha value is -2.00. The first kappa shape index (κ1) is 14.4. The zero-order chi connectivity index (χ0) is 14.4. The van der Waals surface area contributed by atoms with E-state index in [1.807, 2.05) is 62.4 Å². The lowest BCUT2D eigenvalue weighted by atomic mass is 10.0. The number of aliphatic hydroxyl groups excluding tert-OH is 1. The van der Waals surface area contributed by atoms with Gasteiger partial charge in [0.05, 0.1) is 13.2 Å². The quantitative estimate of drug-likeness (QED) is 0.873. The second kappa shape index (κ2) is 6.96. The molecule has 0 fully saturated rings. The number of ether oxygens (including phenoxy) is 2. The van der Waals surface area contributed by atoms with Crippen LogP contribution in [0.15, 0.2) is 48.5 Å². The lowest BCUT2D eigenvalue weighted by Crippen LogP contribution is -2.00. The van der Waals surface area contributed by atoms with Gasteiger partial charge in [0.15, 0.2) is 0 Å². The van der Waals surface area contributed by atoms with Gasteiger partial charge >= 0.3 is 0 Å². The van der Waals surface area contributed by atoms with E-state index in [9.17, 15) is 5.11 Å². The largest absolute Gasteiger partial charge is 0.494 e. The van der Waals surface area contributed by atoms with Crippen molar-refractivity contribution in [3.63, 3.8) is 0 Å². The molecule has 0 aromatic heterocycles. The van der Waals surface area contributed by atoms with E-state index in [4.69, 9.17) is 9.47 Å². The minimum absolute atomic E-state index is 0.638. The van der Waals surface area contributed by atoms with Crippen LogP contribution < -0.4 is 9.47 Å². The van der Waals surface area contributed by atoms with E-state index < -0.39 is 6.10 Å². The number of benzene rings is 2. The molecule has 0 saturated heterocycles. The van der Waals surface area contributed by atoms with Gasteiger partial charge in [-0.3, -0.25) is 0 Å². The van der Waals surface area contributed by atoms with Gasteiger partial charge in [-0.05, 0) is 49.2 Å². The van der Waals surface area contributed by atoms with E-state index in [0.29, 0.717) is 13.2 Å². The average Bonchev–Trinajstić information content (AvgIpc) is 2.49. The van der Waals surface area contributed by atoms with Crippen molar-refractivity contribution in [3.8, 4) is 11.5 Å². The van der Waals surface area contributed by atoms with Gasteiger partial charge in [0.25, 0.3) is 0 Å². The van der Waals surface area contributed by atoms with Gasteiger partial charge in [-0.1, -0.05) is 24.3 Å². The molecule has 2 aromatic rings. The van der Waals surface area contributed by atoms with Gasteiger partial charge in [0.2, 0.25) is 0 Å². The zero-order valence-electron chi connectivity index (χ0n) is 11.9. The molecule has 0 aliphatic heterocycles. The fourth-order valence-electron chi connectivity index (χ4n) is 2.02. The summed E-state index contributed by atoms with van der Waals surface area (Å²) in [6.07, 6.45) is -0.638. The molecule has 2 rings (SSSR count). The monoisotopic (exact) mass is 272 g/mol. The highest BCUT2D eigenvalue weighted by molar-refractivity contribution is 5.36. The molecule has 3 nitrogen and oxygen atoms in total. The number of hydrogen-bond donors (Lipinski definition) is 1. The predicted octanol–water partition coefficient (Wildman–Crippen LogP) is 3.57. The van der Waals surface area contributed by atoms with Crippen LogP contribution in [-0.4, -0.2) is 18.3 Å². The summed E-state index contributed by atoms with van der Waals surface area (Å²) in [6.45, 7) is 5.17. The van der Waals surface area contributed by atoms with E-state index >= 15 is 0 Å². The standard InChI is InChI=1S/C17H20O3/c1-3-19-15-9-5-13(6-10-15)17(18)14-7-11-16(12-8-14)20-4-2/h5-12,17-18H,3-4H2,1-2H3. The van der Waals surface area contributed by atoms with Crippen molar-refractivity contribution in [1.29, 1.82) is 0 Å². The molecule has 2 aromatic carbocycles. The topological polar surface area (TPSA) is 38.7 Å². The summed E-state index contributed by atoms with van der Waals surface area (Å²) in [5.41, 5.74) is 1.69. The van der Waals surface area contributed by atoms with Crippen LogP contribution >= 0.6 is 0 Å². The molecule has 0 aliphatic carbocycles. The smallest absolute Gasteiger partial charge is 0.119 e. The first-order valence-electron chi connectivity index (χ1n) is 6.88. The van der Waals surface area contributed by atoms with Crippen LogP contribution in [0.1, 0.15) is 31.1 Å². The van der Waals surface area contributed by atoms with Crippen LogP contribution in [0, 0.1) is 0 Å². The van der Waals surface area contributed by atoms with Crippen LogP contribution in [0.2, 0.25) is 0 Å². The van der Waals surface area contributed by atoms with Crippen molar-refractivity contribution in [2.45, 2.75) is 20.0 Å². The Morgan fingerprint density at radius 1 is 0.750 bits per heavy atom. The third kappa shape index (κ3) is 3.52. The summed E-state index contributed by atoms with van der Waals surface area (Å²) >= 11 is 0. The first-order valence-corrected chi connectivity index (χ1v) is 6.88. The Labute approximate surface area is 119 Å². The number of rotatable bonds is 6. The molecular weight excluding hydrogens is 252 g/mol. The second-order valence-corrected chi connectivity index (χ2v) is 4.41. The first-order chi connectivity index (χ1) is 9.74. The number of aliphatic hydroxyl groups is 1. The molecule has 0 radical (unpaired) electrons. The fraction of sp³-hybridized carbons (Fsp3) is 0.294. The van der Waals surface area contributed by atoms with Crippen molar-refractivity contribution >= 4 is 0 Å². The second-order valence-electron chi connectivity index (χ2n) is 4.41. The summed E-state index contributed by atoms with van der Waals surface area (Å²) in [6, 6.07) is 15.0. The number of hydrogen-bond acceptors (Lipinski definition) is 3. The summed E-state index contributed by atoms with van der Waals surface area (Å²) in [4.78, 5) is 0. The molecule has 0 unspecified atom stereocenters. The summed E-state index contributed by atoms with van der Waals surface area (Å²) in [7, 11) is 0. The van der Waals surface area contributed by atoms with Gasteiger partial charge in [-0.2, -0.15) is 0 Å². The van der Waals surface area contributed by atoms with Crippen LogP contribution in [0.5, 0.6) is 11.5 Å². The molecule has 0 aliphatic rings.